The number of fused-ring (bicyclic) bond motifs is 1. The fourth-order valence-electron chi connectivity index (χ4n) is 4.40. The Morgan fingerprint density at radius 3 is 2.50 bits per heavy atom. The van der Waals surface area contributed by atoms with E-state index >= 15 is 0 Å². The summed E-state index contributed by atoms with van der Waals surface area (Å²) in [5.41, 5.74) is 3.69. The summed E-state index contributed by atoms with van der Waals surface area (Å²) in [5.74, 6) is 4.74. The summed E-state index contributed by atoms with van der Waals surface area (Å²) in [7, 11) is 0. The lowest BCUT2D eigenvalue weighted by Crippen LogP contribution is -2.57. The van der Waals surface area contributed by atoms with Crippen molar-refractivity contribution >= 4 is 22.6 Å². The monoisotopic (exact) mass is 432 g/mol. The number of aliphatic hydroxyl groups excluding tert-OH is 1. The normalized spacial score (nSPS) is 18.2. The molecule has 1 heterocycles. The summed E-state index contributed by atoms with van der Waals surface area (Å²) in [5, 5.41) is 16.3. The molecular weight excluding hydrogens is 404 g/mol. The Kier molecular flexibility index (Phi) is 6.80. The number of nitrogens with two attached hydrogens (primary N) is 1. The average Bonchev–Trinajstić information content (AvgIpc) is 3.33. The minimum atomic E-state index is -1.04. The van der Waals surface area contributed by atoms with Crippen LogP contribution in [-0.4, -0.2) is 46.7 Å². The van der Waals surface area contributed by atoms with Crippen molar-refractivity contribution in [3.63, 3.8) is 0 Å². The van der Waals surface area contributed by atoms with E-state index in [1.165, 1.54) is 0 Å². The first-order chi connectivity index (χ1) is 15.6. The number of amides is 2. The smallest absolute Gasteiger partial charge is 0.251 e. The van der Waals surface area contributed by atoms with E-state index in [4.69, 9.17) is 5.84 Å². The predicted octanol–water partition coefficient (Wildman–Crippen LogP) is 1.95. The van der Waals surface area contributed by atoms with Crippen LogP contribution >= 0.6 is 0 Å². The van der Waals surface area contributed by atoms with E-state index in [1.54, 1.807) is 11.0 Å². The van der Waals surface area contributed by atoms with Gasteiger partial charge in [-0.05, 0) is 47.7 Å². The number of hydrogen-bond donors (Lipinski definition) is 4. The second-order valence-electron chi connectivity index (χ2n) is 8.15. The number of rotatable bonds is 7. The highest BCUT2D eigenvalue weighted by Gasteiger charge is 2.38. The number of aliphatic hydroxyl groups is 1. The molecule has 0 saturated carbocycles. The Morgan fingerprint density at radius 1 is 1.03 bits per heavy atom. The average molecular weight is 433 g/mol. The van der Waals surface area contributed by atoms with Gasteiger partial charge in [-0.3, -0.25) is 19.9 Å². The van der Waals surface area contributed by atoms with E-state index in [1.807, 2.05) is 66.7 Å². The largest absolute Gasteiger partial charge is 0.376 e. The zero-order chi connectivity index (χ0) is 22.5. The van der Waals surface area contributed by atoms with Crippen LogP contribution < -0.4 is 16.6 Å². The van der Waals surface area contributed by atoms with Crippen molar-refractivity contribution in [1.29, 1.82) is 0 Å². The van der Waals surface area contributed by atoms with Crippen LogP contribution in [0.5, 0.6) is 0 Å². The van der Waals surface area contributed by atoms with Crippen LogP contribution in [0.25, 0.3) is 10.8 Å². The van der Waals surface area contributed by atoms with Crippen LogP contribution in [0.15, 0.2) is 72.8 Å². The molecule has 32 heavy (non-hydrogen) atoms. The minimum absolute atomic E-state index is 0.269. The van der Waals surface area contributed by atoms with Gasteiger partial charge in [0.1, 0.15) is 6.23 Å². The SMILES string of the molecule is NNC(=O)[C@@H]1CCCN1C(O)[C@H](Cc1ccccc1)NC(=O)c1ccc2ccccc2c1. The fraction of sp³-hybridized carbons (Fsp3) is 0.280. The fourth-order valence-corrected chi connectivity index (χ4v) is 4.40. The summed E-state index contributed by atoms with van der Waals surface area (Å²) in [6.45, 7) is 0.552. The number of nitrogens with one attached hydrogen (secondary N) is 2. The molecule has 1 saturated heterocycles. The predicted molar refractivity (Wildman–Crippen MR) is 123 cm³/mol. The third-order valence-corrected chi connectivity index (χ3v) is 6.07. The molecule has 1 aliphatic rings. The first-order valence-electron chi connectivity index (χ1n) is 10.8. The molecule has 1 aliphatic heterocycles. The highest BCUT2D eigenvalue weighted by atomic mass is 16.3. The molecule has 0 bridgehead atoms. The molecule has 7 nitrogen and oxygen atoms in total. The van der Waals surface area contributed by atoms with E-state index < -0.39 is 18.3 Å². The topological polar surface area (TPSA) is 108 Å². The number of hydrogen-bond acceptors (Lipinski definition) is 5. The molecule has 1 fully saturated rings. The number of carbonyl (C=O) groups is 2. The van der Waals surface area contributed by atoms with Crippen molar-refractivity contribution in [1.82, 2.24) is 15.6 Å². The van der Waals surface area contributed by atoms with Crippen LogP contribution in [0.2, 0.25) is 0 Å². The Bertz CT molecular complexity index is 1090. The number of carbonyl (C=O) groups excluding carboxylic acids is 2. The maximum atomic E-state index is 13.1. The summed E-state index contributed by atoms with van der Waals surface area (Å²) in [6.07, 6.45) is 0.765. The Morgan fingerprint density at radius 2 is 1.75 bits per heavy atom. The lowest BCUT2D eigenvalue weighted by molar-refractivity contribution is -0.130. The number of hydrazine groups is 1. The van der Waals surface area contributed by atoms with Crippen LogP contribution in [0.4, 0.5) is 0 Å². The van der Waals surface area contributed by atoms with E-state index in [0.29, 0.717) is 24.9 Å². The van der Waals surface area contributed by atoms with Crippen molar-refractivity contribution in [3.05, 3.63) is 83.9 Å². The molecular formula is C25H28N4O3. The van der Waals surface area contributed by atoms with Crippen molar-refractivity contribution in [2.75, 3.05) is 6.54 Å². The van der Waals surface area contributed by atoms with Gasteiger partial charge in [-0.2, -0.15) is 0 Å². The van der Waals surface area contributed by atoms with Crippen molar-refractivity contribution in [3.8, 4) is 0 Å². The molecule has 7 heteroatoms. The van der Waals surface area contributed by atoms with Gasteiger partial charge >= 0.3 is 0 Å². The van der Waals surface area contributed by atoms with Gasteiger partial charge in [0.2, 0.25) is 0 Å². The van der Waals surface area contributed by atoms with E-state index in [0.717, 1.165) is 22.8 Å². The molecule has 2 amide bonds. The van der Waals surface area contributed by atoms with Gasteiger partial charge in [-0.1, -0.05) is 60.7 Å². The second kappa shape index (κ2) is 9.91. The van der Waals surface area contributed by atoms with Crippen molar-refractivity contribution in [2.24, 2.45) is 5.84 Å². The van der Waals surface area contributed by atoms with Gasteiger partial charge in [0.25, 0.3) is 11.8 Å². The van der Waals surface area contributed by atoms with Gasteiger partial charge in [0.15, 0.2) is 0 Å². The van der Waals surface area contributed by atoms with Gasteiger partial charge in [0, 0.05) is 12.1 Å². The first kappa shape index (κ1) is 22.0. The third-order valence-electron chi connectivity index (χ3n) is 6.07. The summed E-state index contributed by atoms with van der Waals surface area (Å²) in [6, 6.07) is 21.9. The van der Waals surface area contributed by atoms with Crippen LogP contribution in [-0.2, 0) is 11.2 Å². The Balaban J connectivity index is 1.58. The van der Waals surface area contributed by atoms with Gasteiger partial charge in [-0.15, -0.1) is 0 Å². The van der Waals surface area contributed by atoms with E-state index in [-0.39, 0.29) is 11.8 Å². The maximum Gasteiger partial charge on any atom is 0.251 e. The van der Waals surface area contributed by atoms with Crippen LogP contribution in [0, 0.1) is 0 Å². The van der Waals surface area contributed by atoms with Gasteiger partial charge < -0.3 is 10.4 Å². The van der Waals surface area contributed by atoms with E-state index in [2.05, 4.69) is 10.7 Å². The molecule has 3 aromatic rings. The first-order valence-corrected chi connectivity index (χ1v) is 10.8. The van der Waals surface area contributed by atoms with Crippen LogP contribution in [0.1, 0.15) is 28.8 Å². The summed E-state index contributed by atoms with van der Waals surface area (Å²) < 4.78 is 0. The Hall–Kier alpha value is -3.26. The molecule has 0 radical (unpaired) electrons. The quantitative estimate of drug-likeness (QED) is 0.259. The number of likely N-dealkylation sites (tertiary alicyclic amines) is 1. The molecule has 3 aromatic carbocycles. The molecule has 5 N–H and O–H groups in total. The summed E-state index contributed by atoms with van der Waals surface area (Å²) >= 11 is 0. The van der Waals surface area contributed by atoms with Gasteiger partial charge in [-0.25, -0.2) is 5.84 Å². The zero-order valence-corrected chi connectivity index (χ0v) is 17.8. The van der Waals surface area contributed by atoms with Gasteiger partial charge in [0.05, 0.1) is 12.1 Å². The van der Waals surface area contributed by atoms with Crippen LogP contribution in [0.3, 0.4) is 0 Å². The van der Waals surface area contributed by atoms with Crippen molar-refractivity contribution < 1.29 is 14.7 Å². The molecule has 1 unspecified atom stereocenters. The molecule has 166 valence electrons. The molecule has 0 spiro atoms. The maximum absolute atomic E-state index is 13.1. The van der Waals surface area contributed by atoms with Crippen molar-refractivity contribution in [2.45, 2.75) is 37.6 Å². The molecule has 0 aliphatic carbocycles. The molecule has 4 rings (SSSR count). The highest BCUT2D eigenvalue weighted by molar-refractivity contribution is 5.98. The molecule has 3 atom stereocenters. The number of nitrogens with zero attached hydrogens (tertiary/aromatic N) is 1. The minimum Gasteiger partial charge on any atom is -0.376 e. The number of benzene rings is 3. The standard InChI is InChI=1S/C25H28N4O3/c26-28-24(31)22-11-6-14-29(22)25(32)21(15-17-7-2-1-3-8-17)27-23(30)20-13-12-18-9-4-5-10-19(18)16-20/h1-5,7-10,12-13,16,21-22,25,32H,6,11,14-15,26H2,(H,27,30)(H,28,31)/t21-,22-,25?/m0/s1. The summed E-state index contributed by atoms with van der Waals surface area (Å²) in [4.78, 5) is 27.1. The van der Waals surface area contributed by atoms with E-state index in [9.17, 15) is 14.7 Å². The second-order valence-corrected chi connectivity index (χ2v) is 8.15. The molecule has 0 aromatic heterocycles. The Labute approximate surface area is 187 Å². The highest BCUT2D eigenvalue weighted by Crippen LogP contribution is 2.23. The third kappa shape index (κ3) is 4.80. The lowest BCUT2D eigenvalue weighted by atomic mass is 10.0. The lowest BCUT2D eigenvalue weighted by Gasteiger charge is -2.34. The zero-order valence-electron chi connectivity index (χ0n) is 17.8.